The SMILES string of the molecule is CC(I)n1cnc2cc(-c3ccc4c(c3)N(C3CC(N5CCCCC5)C3)C(=O)C43CCN(C4COC4)CC3)nc(Nc3ccncc3F)c21. The lowest BCUT2D eigenvalue weighted by atomic mass is 9.73. The lowest BCUT2D eigenvalue weighted by molar-refractivity contribution is -0.128. The number of fused-ring (bicyclic) bond motifs is 3. The van der Waals surface area contributed by atoms with Gasteiger partial charge in [-0.15, -0.1) is 0 Å². The number of hydrogen-bond donors (Lipinski definition) is 1. The molecular formula is C37H42FIN8O2. The average Bonchev–Trinajstić information content (AvgIpc) is 3.60. The van der Waals surface area contributed by atoms with Crippen molar-refractivity contribution in [3.8, 4) is 11.3 Å². The maximum Gasteiger partial charge on any atom is 0.238 e. The molecule has 5 aliphatic rings. The molecule has 1 N–H and O–H groups in total. The molecule has 0 radical (unpaired) electrons. The van der Waals surface area contributed by atoms with Gasteiger partial charge < -0.3 is 24.4 Å². The number of nitrogens with one attached hydrogen (secondary N) is 1. The molecule has 4 fully saturated rings. The van der Waals surface area contributed by atoms with E-state index in [1.165, 1.54) is 38.5 Å². The molecular weight excluding hydrogens is 734 g/mol. The van der Waals surface area contributed by atoms with Crippen LogP contribution in [0.15, 0.2) is 49.1 Å². The van der Waals surface area contributed by atoms with E-state index >= 15 is 0 Å². The minimum absolute atomic E-state index is 0.105. The first-order valence-electron chi connectivity index (χ1n) is 17.8. The van der Waals surface area contributed by atoms with Crippen LogP contribution in [0.25, 0.3) is 22.3 Å². The summed E-state index contributed by atoms with van der Waals surface area (Å²) in [7, 11) is 0. The van der Waals surface area contributed by atoms with E-state index in [1.54, 1.807) is 12.3 Å². The standard InChI is InChI=1S/C37H42FIN8O2/c1-23(39)46-22-41-32-18-31(43-35(34(32)46)42-30-7-10-40-19-29(30)38)24-5-6-28-33(15-24)47(26-16-25(17-26)44-11-3-2-4-12-44)36(48)37(28)8-13-45(14-9-37)27-20-49-21-27/h5-7,10,15,18-19,22-23,25-27H,2-4,8-9,11-14,16-17,20-21H2,1H3,(H,40,42,43). The normalized spacial score (nSPS) is 25.0. The van der Waals surface area contributed by atoms with Gasteiger partial charge in [-0.2, -0.15) is 0 Å². The summed E-state index contributed by atoms with van der Waals surface area (Å²) in [6.07, 6.45) is 12.2. The van der Waals surface area contributed by atoms with Crippen LogP contribution in [0, 0.1) is 5.82 Å². The topological polar surface area (TPSA) is 91.7 Å². The third kappa shape index (κ3) is 5.35. The summed E-state index contributed by atoms with van der Waals surface area (Å²) in [5.41, 5.74) is 5.22. The minimum Gasteiger partial charge on any atom is -0.378 e. The number of alkyl halides is 1. The van der Waals surface area contributed by atoms with E-state index in [-0.39, 0.29) is 16.0 Å². The van der Waals surface area contributed by atoms with E-state index in [0.29, 0.717) is 23.6 Å². The second kappa shape index (κ2) is 12.5. The van der Waals surface area contributed by atoms with Crippen LogP contribution >= 0.6 is 22.6 Å². The molecule has 12 heteroatoms. The lowest BCUT2D eigenvalue weighted by Gasteiger charge is -2.48. The van der Waals surface area contributed by atoms with Crippen LogP contribution in [0.3, 0.4) is 0 Å². The van der Waals surface area contributed by atoms with E-state index in [0.717, 1.165) is 85.5 Å². The number of ether oxygens (including phenoxy) is 1. The number of carbonyl (C=O) groups is 1. The third-order valence-corrected chi connectivity index (χ3v) is 12.4. The number of likely N-dealkylation sites (tertiary alicyclic amines) is 2. The Kier molecular flexibility index (Phi) is 8.13. The molecule has 3 aromatic heterocycles. The molecule has 49 heavy (non-hydrogen) atoms. The fraction of sp³-hybridized carbons (Fsp3) is 0.514. The summed E-state index contributed by atoms with van der Waals surface area (Å²) >= 11 is 2.34. The first kappa shape index (κ1) is 31.8. The van der Waals surface area contributed by atoms with Gasteiger partial charge in [0.05, 0.1) is 58.1 Å². The van der Waals surface area contributed by atoms with E-state index < -0.39 is 11.2 Å². The molecule has 0 bridgehead atoms. The fourth-order valence-electron chi connectivity index (χ4n) is 8.82. The largest absolute Gasteiger partial charge is 0.378 e. The Morgan fingerprint density at radius 2 is 1.78 bits per heavy atom. The maximum absolute atomic E-state index is 14.8. The molecule has 4 aliphatic heterocycles. The minimum atomic E-state index is -0.497. The quantitative estimate of drug-likeness (QED) is 0.170. The molecule has 1 atom stereocenters. The predicted molar refractivity (Wildman–Crippen MR) is 196 cm³/mol. The molecule has 1 amide bonds. The Bertz CT molecular complexity index is 1890. The van der Waals surface area contributed by atoms with Crippen molar-refractivity contribution in [2.24, 2.45) is 0 Å². The molecule has 10 nitrogen and oxygen atoms in total. The van der Waals surface area contributed by atoms with Crippen molar-refractivity contribution in [3.05, 3.63) is 60.4 Å². The van der Waals surface area contributed by atoms with Crippen LogP contribution < -0.4 is 10.2 Å². The van der Waals surface area contributed by atoms with Crippen LogP contribution in [0.2, 0.25) is 0 Å². The van der Waals surface area contributed by atoms with Crippen LogP contribution in [0.5, 0.6) is 0 Å². The monoisotopic (exact) mass is 776 g/mol. The van der Waals surface area contributed by atoms with Gasteiger partial charge in [-0.05, 0) is 95.4 Å². The summed E-state index contributed by atoms with van der Waals surface area (Å²) < 4.78 is 22.5. The summed E-state index contributed by atoms with van der Waals surface area (Å²) in [6.45, 7) is 7.84. The Labute approximate surface area is 299 Å². The zero-order valence-electron chi connectivity index (χ0n) is 27.8. The predicted octanol–water partition coefficient (Wildman–Crippen LogP) is 6.43. The van der Waals surface area contributed by atoms with Crippen molar-refractivity contribution in [2.45, 2.75) is 79.5 Å². The van der Waals surface area contributed by atoms with Gasteiger partial charge in [-0.3, -0.25) is 14.7 Å². The molecule has 1 saturated carbocycles. The highest BCUT2D eigenvalue weighted by Gasteiger charge is 2.56. The number of pyridine rings is 2. The summed E-state index contributed by atoms with van der Waals surface area (Å²) in [4.78, 5) is 35.9. The molecule has 3 saturated heterocycles. The Morgan fingerprint density at radius 3 is 2.49 bits per heavy atom. The molecule has 1 aromatic carbocycles. The first-order valence-corrected chi connectivity index (χ1v) is 19.1. The number of imidazole rings is 1. The zero-order valence-corrected chi connectivity index (χ0v) is 30.0. The van der Waals surface area contributed by atoms with Gasteiger partial charge in [-0.25, -0.2) is 14.4 Å². The van der Waals surface area contributed by atoms with Crippen molar-refractivity contribution < 1.29 is 13.9 Å². The second-order valence-corrected chi connectivity index (χ2v) is 16.3. The Balaban J connectivity index is 1.10. The summed E-state index contributed by atoms with van der Waals surface area (Å²) in [5, 5.41) is 3.24. The van der Waals surface area contributed by atoms with E-state index in [2.05, 4.69) is 72.7 Å². The number of amides is 1. The van der Waals surface area contributed by atoms with Crippen LogP contribution in [-0.4, -0.2) is 92.7 Å². The number of benzene rings is 1. The van der Waals surface area contributed by atoms with Gasteiger partial charge in [-0.1, -0.05) is 41.1 Å². The highest BCUT2D eigenvalue weighted by atomic mass is 127. The van der Waals surface area contributed by atoms with Gasteiger partial charge in [0.2, 0.25) is 5.91 Å². The van der Waals surface area contributed by atoms with Crippen LogP contribution in [0.4, 0.5) is 21.6 Å². The number of piperidine rings is 2. The van der Waals surface area contributed by atoms with Crippen LogP contribution in [0.1, 0.15) is 61.5 Å². The highest BCUT2D eigenvalue weighted by Crippen LogP contribution is 2.52. The lowest BCUT2D eigenvalue weighted by Crippen LogP contribution is -2.59. The summed E-state index contributed by atoms with van der Waals surface area (Å²) in [6, 6.07) is 11.4. The number of rotatable bonds is 7. The van der Waals surface area contributed by atoms with Gasteiger partial charge in [0.1, 0.15) is 5.52 Å². The van der Waals surface area contributed by atoms with Gasteiger partial charge in [0.25, 0.3) is 0 Å². The van der Waals surface area contributed by atoms with E-state index in [1.807, 2.05) is 17.0 Å². The highest BCUT2D eigenvalue weighted by molar-refractivity contribution is 14.1. The molecule has 256 valence electrons. The molecule has 1 aliphatic carbocycles. The number of halogens is 2. The fourth-order valence-corrected chi connectivity index (χ4v) is 9.24. The van der Waals surface area contributed by atoms with Crippen molar-refractivity contribution in [1.29, 1.82) is 0 Å². The third-order valence-electron chi connectivity index (χ3n) is 11.8. The average molecular weight is 777 g/mol. The van der Waals surface area contributed by atoms with Crippen molar-refractivity contribution in [2.75, 3.05) is 49.6 Å². The zero-order chi connectivity index (χ0) is 33.3. The summed E-state index contributed by atoms with van der Waals surface area (Å²) in [5.74, 6) is 0.354. The second-order valence-electron chi connectivity index (χ2n) is 14.5. The Hall–Kier alpha value is -3.20. The van der Waals surface area contributed by atoms with E-state index in [4.69, 9.17) is 14.7 Å². The number of aromatic nitrogens is 4. The number of nitrogens with zero attached hydrogens (tertiary/aromatic N) is 7. The van der Waals surface area contributed by atoms with Crippen molar-refractivity contribution in [1.82, 2.24) is 29.3 Å². The number of anilines is 3. The smallest absolute Gasteiger partial charge is 0.238 e. The first-order chi connectivity index (χ1) is 23.9. The maximum atomic E-state index is 14.8. The van der Waals surface area contributed by atoms with Crippen molar-refractivity contribution >= 4 is 56.7 Å². The Morgan fingerprint density at radius 1 is 1.00 bits per heavy atom. The van der Waals surface area contributed by atoms with Gasteiger partial charge in [0.15, 0.2) is 11.6 Å². The molecule has 7 heterocycles. The van der Waals surface area contributed by atoms with Gasteiger partial charge >= 0.3 is 0 Å². The number of hydrogen-bond acceptors (Lipinski definition) is 8. The van der Waals surface area contributed by atoms with E-state index in [9.17, 15) is 9.18 Å². The van der Waals surface area contributed by atoms with Crippen molar-refractivity contribution in [3.63, 3.8) is 0 Å². The van der Waals surface area contributed by atoms with Crippen LogP contribution in [-0.2, 0) is 14.9 Å². The molecule has 4 aromatic rings. The molecule has 1 unspecified atom stereocenters. The van der Waals surface area contributed by atoms with Gasteiger partial charge in [0, 0.05) is 29.5 Å². The molecule has 9 rings (SSSR count). The number of carbonyl (C=O) groups excluding carboxylic acids is 1. The molecule has 1 spiro atoms.